The molecule has 18 heavy (non-hydrogen) atoms. The number of hydrogen-bond donors (Lipinski definition) is 0. The molecule has 0 saturated heterocycles. The minimum absolute atomic E-state index is 0.624. The Morgan fingerprint density at radius 1 is 0.889 bits per heavy atom. The number of para-hydroxylation sites is 1. The van der Waals surface area contributed by atoms with E-state index in [0.29, 0.717) is 6.61 Å². The van der Waals surface area contributed by atoms with Crippen molar-refractivity contribution in [1.29, 1.82) is 0 Å². The van der Waals surface area contributed by atoms with E-state index in [2.05, 4.69) is 0 Å². The van der Waals surface area contributed by atoms with Crippen LogP contribution < -0.4 is 9.20 Å². The van der Waals surface area contributed by atoms with E-state index in [4.69, 9.17) is 4.74 Å². The van der Waals surface area contributed by atoms with E-state index in [1.54, 1.807) is 0 Å². The Kier molecular flexibility index (Phi) is 5.13. The molecule has 94 valence electrons. The summed E-state index contributed by atoms with van der Waals surface area (Å²) in [5.41, 5.74) is 0. The van der Waals surface area contributed by atoms with Crippen LogP contribution in [0.4, 0.5) is 0 Å². The number of benzene rings is 2. The monoisotopic (exact) mass is 308 g/mol. The number of hydrogen-bond acceptors (Lipinski definition) is 2. The molecule has 2 nitrogen and oxygen atoms in total. The predicted octanol–water partition coefficient (Wildman–Crippen LogP) is 2.78. The van der Waals surface area contributed by atoms with Gasteiger partial charge in [0.05, 0.1) is 0 Å². The van der Waals surface area contributed by atoms with Crippen LogP contribution in [0.2, 0.25) is 5.32 Å². The van der Waals surface area contributed by atoms with Crippen molar-refractivity contribution in [3.63, 3.8) is 0 Å². The van der Waals surface area contributed by atoms with Crippen molar-refractivity contribution in [2.75, 3.05) is 6.61 Å². The zero-order valence-electron chi connectivity index (χ0n) is 10.1. The minimum atomic E-state index is -1.88. The van der Waals surface area contributed by atoms with Crippen LogP contribution in [0.25, 0.3) is 0 Å². The Morgan fingerprint density at radius 3 is 2.17 bits per heavy atom. The van der Waals surface area contributed by atoms with Gasteiger partial charge in [-0.25, -0.2) is 0 Å². The third-order valence-corrected chi connectivity index (χ3v) is 5.55. The second-order valence-electron chi connectivity index (χ2n) is 3.88. The summed E-state index contributed by atoms with van der Waals surface area (Å²) in [6.45, 7) is 0.624. The van der Waals surface area contributed by atoms with Crippen molar-refractivity contribution in [2.45, 2.75) is 11.7 Å². The summed E-state index contributed by atoms with van der Waals surface area (Å²) < 4.78 is 18.6. The van der Waals surface area contributed by atoms with Crippen molar-refractivity contribution in [2.24, 2.45) is 0 Å². The molecule has 0 aliphatic heterocycles. The molecular weight excluding hydrogens is 291 g/mol. The third-order valence-electron chi connectivity index (χ3n) is 2.49. The molecule has 0 saturated carbocycles. The van der Waals surface area contributed by atoms with Gasteiger partial charge in [-0.2, -0.15) is 0 Å². The van der Waals surface area contributed by atoms with Crippen molar-refractivity contribution in [3.05, 3.63) is 60.7 Å². The molecule has 1 unspecified atom stereocenters. The van der Waals surface area contributed by atoms with Crippen LogP contribution >= 0.6 is 0 Å². The summed E-state index contributed by atoms with van der Waals surface area (Å²) in [5.74, 6) is 0.875. The Bertz CT molecular complexity index is 482. The first-order chi connectivity index (χ1) is 8.86. The number of rotatable bonds is 6. The van der Waals surface area contributed by atoms with Gasteiger partial charge in [-0.05, 0) is 0 Å². The average Bonchev–Trinajstić information content (AvgIpc) is 2.45. The molecule has 0 aromatic heterocycles. The van der Waals surface area contributed by atoms with E-state index in [1.807, 2.05) is 60.7 Å². The van der Waals surface area contributed by atoms with Crippen LogP contribution in [0, 0.1) is 0 Å². The van der Waals surface area contributed by atoms with Gasteiger partial charge in [-0.1, -0.05) is 0 Å². The summed E-state index contributed by atoms with van der Waals surface area (Å²) in [6, 6.07) is 19.4. The predicted molar refractivity (Wildman–Crippen MR) is 73.9 cm³/mol. The first-order valence-corrected chi connectivity index (χ1v) is 8.74. The van der Waals surface area contributed by atoms with Crippen LogP contribution in [-0.2, 0) is 3.83 Å². The first-order valence-electron chi connectivity index (χ1n) is 5.97. The Morgan fingerprint density at radius 2 is 1.50 bits per heavy atom. The van der Waals surface area contributed by atoms with Gasteiger partial charge >= 0.3 is 112 Å². The zero-order valence-corrected chi connectivity index (χ0v) is 11.8. The maximum atomic E-state index is 12.0. The van der Waals surface area contributed by atoms with E-state index < -0.39 is 13.8 Å². The molecule has 0 heterocycles. The topological polar surface area (TPSA) is 26.3 Å². The summed E-state index contributed by atoms with van der Waals surface area (Å²) in [5, 5.41) is 0.733. The van der Waals surface area contributed by atoms with E-state index in [0.717, 1.165) is 22.0 Å². The second kappa shape index (κ2) is 7.10. The fourth-order valence-electron chi connectivity index (χ4n) is 1.59. The second-order valence-corrected chi connectivity index (χ2v) is 7.17. The normalized spacial score (nSPS) is 12.0. The molecule has 0 radical (unpaired) electrons. The first kappa shape index (κ1) is 13.0. The molecule has 0 fully saturated rings. The van der Waals surface area contributed by atoms with E-state index in [1.165, 1.54) is 0 Å². The Balaban J connectivity index is 1.72. The molecule has 2 aromatic rings. The average molecular weight is 307 g/mol. The fourth-order valence-corrected chi connectivity index (χ4v) is 3.85. The third kappa shape index (κ3) is 4.10. The molecule has 0 aliphatic carbocycles. The van der Waals surface area contributed by atoms with Crippen LogP contribution in [0.1, 0.15) is 6.42 Å². The van der Waals surface area contributed by atoms with Gasteiger partial charge in [0.2, 0.25) is 0 Å². The van der Waals surface area contributed by atoms with Crippen molar-refractivity contribution in [3.8, 4) is 5.75 Å². The Hall–Kier alpha value is -1.44. The Labute approximate surface area is 112 Å². The van der Waals surface area contributed by atoms with Gasteiger partial charge in [0, 0.05) is 0 Å². The van der Waals surface area contributed by atoms with Gasteiger partial charge in [-0.15, -0.1) is 0 Å². The molecular formula is C15H16O2Se. The van der Waals surface area contributed by atoms with E-state index in [-0.39, 0.29) is 0 Å². The molecule has 0 N–H and O–H groups in total. The molecule has 0 spiro atoms. The molecule has 2 rings (SSSR count). The quantitative estimate of drug-likeness (QED) is 0.606. The van der Waals surface area contributed by atoms with Crippen molar-refractivity contribution >= 4 is 18.3 Å². The molecule has 0 bridgehead atoms. The molecule has 1 atom stereocenters. The van der Waals surface area contributed by atoms with Crippen molar-refractivity contribution in [1.82, 2.24) is 0 Å². The summed E-state index contributed by atoms with van der Waals surface area (Å²) in [6.07, 6.45) is 0.831. The summed E-state index contributed by atoms with van der Waals surface area (Å²) in [4.78, 5) is 0. The summed E-state index contributed by atoms with van der Waals surface area (Å²) in [7, 11) is 0. The van der Waals surface area contributed by atoms with Crippen molar-refractivity contribution < 1.29 is 8.57 Å². The van der Waals surface area contributed by atoms with Crippen LogP contribution in [0.3, 0.4) is 0 Å². The zero-order chi connectivity index (χ0) is 12.6. The van der Waals surface area contributed by atoms with Gasteiger partial charge < -0.3 is 0 Å². The maximum absolute atomic E-state index is 12.0. The summed E-state index contributed by atoms with van der Waals surface area (Å²) >= 11 is -1.88. The van der Waals surface area contributed by atoms with Crippen LogP contribution in [-0.4, -0.2) is 20.4 Å². The van der Waals surface area contributed by atoms with Gasteiger partial charge in [0.1, 0.15) is 0 Å². The van der Waals surface area contributed by atoms with Gasteiger partial charge in [0.15, 0.2) is 0 Å². The van der Waals surface area contributed by atoms with Crippen LogP contribution in [0.5, 0.6) is 5.75 Å². The van der Waals surface area contributed by atoms with Crippen LogP contribution in [0.15, 0.2) is 60.7 Å². The van der Waals surface area contributed by atoms with Gasteiger partial charge in [-0.3, -0.25) is 0 Å². The van der Waals surface area contributed by atoms with E-state index >= 15 is 0 Å². The molecule has 0 aliphatic rings. The molecule has 2 aromatic carbocycles. The number of ether oxygens (including phenoxy) is 1. The molecule has 3 heteroatoms. The fraction of sp³-hybridized carbons (Fsp3) is 0.200. The SMILES string of the molecule is O=[Se](CCCOc1ccccc1)c1ccccc1. The molecule has 0 amide bonds. The standard InChI is InChI=1S/C15H16O2Se/c16-18(15-10-5-2-6-11-15)13-7-12-17-14-8-3-1-4-9-14/h1-6,8-11H,7,12-13H2. The van der Waals surface area contributed by atoms with Gasteiger partial charge in [0.25, 0.3) is 0 Å². The van der Waals surface area contributed by atoms with E-state index in [9.17, 15) is 3.83 Å².